The molecule has 0 aromatic heterocycles. The Morgan fingerprint density at radius 2 is 1.13 bits per heavy atom. The van der Waals surface area contributed by atoms with E-state index in [-0.39, 0.29) is 29.2 Å². The number of rotatable bonds is 6. The number of benzene rings is 3. The van der Waals surface area contributed by atoms with Crippen molar-refractivity contribution >= 4 is 23.0 Å². The Hall–Kier alpha value is -2.87. The average Bonchev–Trinajstić information content (AvgIpc) is 2.70. The molecular formula is C22H17ClF6N2. The first-order valence-corrected chi connectivity index (χ1v) is 9.51. The van der Waals surface area contributed by atoms with Crippen LogP contribution < -0.4 is 10.6 Å². The topological polar surface area (TPSA) is 24.1 Å². The van der Waals surface area contributed by atoms with Crippen LogP contribution >= 0.6 is 11.6 Å². The van der Waals surface area contributed by atoms with Crippen molar-refractivity contribution in [3.05, 3.63) is 94.0 Å². The van der Waals surface area contributed by atoms with Crippen molar-refractivity contribution in [3.63, 3.8) is 0 Å². The lowest BCUT2D eigenvalue weighted by atomic mass is 10.1. The monoisotopic (exact) mass is 458 g/mol. The molecule has 0 saturated carbocycles. The molecule has 0 unspecified atom stereocenters. The van der Waals surface area contributed by atoms with E-state index in [0.717, 1.165) is 12.1 Å². The van der Waals surface area contributed by atoms with Crippen molar-refractivity contribution < 1.29 is 26.3 Å². The number of hydrogen-bond donors (Lipinski definition) is 2. The maximum atomic E-state index is 13.1. The van der Waals surface area contributed by atoms with Gasteiger partial charge in [0.2, 0.25) is 0 Å². The van der Waals surface area contributed by atoms with Gasteiger partial charge >= 0.3 is 12.4 Å². The summed E-state index contributed by atoms with van der Waals surface area (Å²) in [5.74, 6) is 0. The van der Waals surface area contributed by atoms with Gasteiger partial charge in [0.1, 0.15) is 0 Å². The van der Waals surface area contributed by atoms with Gasteiger partial charge in [-0.25, -0.2) is 0 Å². The van der Waals surface area contributed by atoms with Gasteiger partial charge in [-0.3, -0.25) is 0 Å². The van der Waals surface area contributed by atoms with Crippen LogP contribution in [0.5, 0.6) is 0 Å². The van der Waals surface area contributed by atoms with E-state index in [1.165, 1.54) is 42.5 Å². The molecule has 0 aliphatic rings. The second-order valence-electron chi connectivity index (χ2n) is 6.71. The van der Waals surface area contributed by atoms with Crippen LogP contribution in [-0.4, -0.2) is 0 Å². The van der Waals surface area contributed by atoms with Gasteiger partial charge in [-0.2, -0.15) is 26.3 Å². The van der Waals surface area contributed by atoms with Crippen LogP contribution in [-0.2, 0) is 25.4 Å². The molecule has 3 aromatic carbocycles. The van der Waals surface area contributed by atoms with Crippen molar-refractivity contribution in [2.24, 2.45) is 0 Å². The summed E-state index contributed by atoms with van der Waals surface area (Å²) in [6.07, 6.45) is -8.93. The first-order valence-electron chi connectivity index (χ1n) is 9.13. The molecule has 0 amide bonds. The molecule has 9 heteroatoms. The minimum atomic E-state index is -4.47. The predicted molar refractivity (Wildman–Crippen MR) is 109 cm³/mol. The van der Waals surface area contributed by atoms with Crippen molar-refractivity contribution in [1.82, 2.24) is 0 Å². The van der Waals surface area contributed by atoms with Crippen molar-refractivity contribution in [2.75, 3.05) is 10.6 Å². The minimum Gasteiger partial charge on any atom is -0.381 e. The van der Waals surface area contributed by atoms with E-state index >= 15 is 0 Å². The molecule has 0 aliphatic heterocycles. The van der Waals surface area contributed by atoms with Gasteiger partial charge in [0.25, 0.3) is 0 Å². The first kappa shape index (κ1) is 22.8. The van der Waals surface area contributed by atoms with Crippen molar-refractivity contribution in [2.45, 2.75) is 25.4 Å². The summed E-state index contributed by atoms with van der Waals surface area (Å²) in [6, 6.07) is 15.1. The maximum Gasteiger partial charge on any atom is 0.416 e. The molecule has 2 nitrogen and oxygen atoms in total. The lowest BCUT2D eigenvalue weighted by Crippen LogP contribution is -2.12. The standard InChI is InChI=1S/C22H17ClF6N2/c23-19-11-16(30-12-14-5-1-3-7-17(14)21(24,25)26)9-10-20(19)31-13-15-6-2-4-8-18(15)22(27,28)29/h1-11,30-31H,12-13H2. The molecule has 164 valence electrons. The fourth-order valence-electron chi connectivity index (χ4n) is 3.06. The molecule has 0 spiro atoms. The highest BCUT2D eigenvalue weighted by Crippen LogP contribution is 2.34. The van der Waals surface area contributed by atoms with Gasteiger partial charge < -0.3 is 10.6 Å². The SMILES string of the molecule is FC(F)(F)c1ccccc1CNc1ccc(NCc2ccccc2C(F)(F)F)c(Cl)c1. The second-order valence-corrected chi connectivity index (χ2v) is 7.12. The van der Waals surface area contributed by atoms with Crippen LogP contribution in [0.2, 0.25) is 5.02 Å². The molecule has 3 aromatic rings. The van der Waals surface area contributed by atoms with Crippen LogP contribution in [0.1, 0.15) is 22.3 Å². The molecule has 0 heterocycles. The normalized spacial score (nSPS) is 12.0. The fourth-order valence-corrected chi connectivity index (χ4v) is 3.31. The quantitative estimate of drug-likeness (QED) is 0.371. The minimum absolute atomic E-state index is 0.0667. The Labute approximate surface area is 179 Å². The maximum absolute atomic E-state index is 13.1. The van der Waals surface area contributed by atoms with Gasteiger partial charge in [-0.1, -0.05) is 48.0 Å². The lowest BCUT2D eigenvalue weighted by Gasteiger charge is -2.16. The second kappa shape index (κ2) is 9.09. The highest BCUT2D eigenvalue weighted by atomic mass is 35.5. The predicted octanol–water partition coefficient (Wildman–Crippen LogP) is 7.60. The summed E-state index contributed by atoms with van der Waals surface area (Å²) in [5, 5.41) is 5.97. The largest absolute Gasteiger partial charge is 0.416 e. The summed E-state index contributed by atoms with van der Waals surface area (Å²) >= 11 is 6.21. The molecule has 0 aliphatic carbocycles. The highest BCUT2D eigenvalue weighted by Gasteiger charge is 2.33. The number of nitrogens with one attached hydrogen (secondary N) is 2. The van der Waals surface area contributed by atoms with E-state index < -0.39 is 23.5 Å². The number of halogens is 7. The van der Waals surface area contributed by atoms with Gasteiger partial charge in [0.05, 0.1) is 21.8 Å². The Kier molecular flexibility index (Phi) is 6.69. The zero-order chi connectivity index (χ0) is 22.6. The highest BCUT2D eigenvalue weighted by molar-refractivity contribution is 6.33. The third-order valence-corrected chi connectivity index (χ3v) is 4.88. The Morgan fingerprint density at radius 3 is 1.61 bits per heavy atom. The summed E-state index contributed by atoms with van der Waals surface area (Å²) in [4.78, 5) is 0. The van der Waals surface area contributed by atoms with E-state index in [4.69, 9.17) is 11.6 Å². The summed E-state index contributed by atoms with van der Waals surface area (Å²) < 4.78 is 78.6. The molecule has 0 atom stereocenters. The van der Waals surface area contributed by atoms with Crippen LogP contribution in [0.4, 0.5) is 37.7 Å². The van der Waals surface area contributed by atoms with Crippen LogP contribution in [0, 0.1) is 0 Å². The third-order valence-electron chi connectivity index (χ3n) is 4.57. The zero-order valence-corrected chi connectivity index (χ0v) is 16.7. The van der Waals surface area contributed by atoms with E-state index in [2.05, 4.69) is 10.6 Å². The molecule has 0 bridgehead atoms. The van der Waals surface area contributed by atoms with Crippen molar-refractivity contribution in [1.29, 1.82) is 0 Å². The Bertz CT molecular complexity index is 1050. The smallest absolute Gasteiger partial charge is 0.381 e. The molecule has 0 fully saturated rings. The molecule has 0 radical (unpaired) electrons. The molecule has 2 N–H and O–H groups in total. The van der Waals surface area contributed by atoms with Crippen molar-refractivity contribution in [3.8, 4) is 0 Å². The fraction of sp³-hybridized carbons (Fsp3) is 0.182. The van der Waals surface area contributed by atoms with Crippen LogP contribution in [0.25, 0.3) is 0 Å². The summed E-state index contributed by atoms with van der Waals surface area (Å²) in [5.41, 5.74) is -0.437. The van der Waals surface area contributed by atoms with E-state index in [1.54, 1.807) is 12.1 Å². The Morgan fingerprint density at radius 1 is 0.645 bits per heavy atom. The zero-order valence-electron chi connectivity index (χ0n) is 15.9. The number of anilines is 2. The molecule has 3 rings (SSSR count). The van der Waals surface area contributed by atoms with Gasteiger partial charge in [-0.15, -0.1) is 0 Å². The average molecular weight is 459 g/mol. The lowest BCUT2D eigenvalue weighted by molar-refractivity contribution is -0.139. The Balaban J connectivity index is 1.68. The summed E-state index contributed by atoms with van der Waals surface area (Å²) in [7, 11) is 0. The van der Waals surface area contributed by atoms with Gasteiger partial charge in [-0.05, 0) is 41.5 Å². The molecular weight excluding hydrogens is 442 g/mol. The first-order chi connectivity index (χ1) is 14.6. The van der Waals surface area contributed by atoms with Gasteiger partial charge in [0.15, 0.2) is 0 Å². The molecule has 0 saturated heterocycles. The van der Waals surface area contributed by atoms with Crippen LogP contribution in [0.3, 0.4) is 0 Å². The van der Waals surface area contributed by atoms with Gasteiger partial charge in [0, 0.05) is 18.8 Å². The van der Waals surface area contributed by atoms with E-state index in [1.807, 2.05) is 0 Å². The molecule has 31 heavy (non-hydrogen) atoms. The third kappa shape index (κ3) is 5.85. The number of hydrogen-bond acceptors (Lipinski definition) is 2. The van der Waals surface area contributed by atoms with Crippen LogP contribution in [0.15, 0.2) is 66.7 Å². The summed E-state index contributed by atoms with van der Waals surface area (Å²) in [6.45, 7) is -0.168. The van der Waals surface area contributed by atoms with E-state index in [0.29, 0.717) is 11.4 Å². The van der Waals surface area contributed by atoms with E-state index in [9.17, 15) is 26.3 Å². The number of alkyl halides is 6.